The van der Waals surface area contributed by atoms with Gasteiger partial charge in [0.25, 0.3) is 0 Å². The Morgan fingerprint density at radius 1 is 1.46 bits per heavy atom. The Morgan fingerprint density at radius 2 is 2.00 bits per heavy atom. The van der Waals surface area contributed by atoms with Gasteiger partial charge in [0.05, 0.1) is 0 Å². The standard InChI is InChI=1S/C6H11N3O3S/c1-4-5(6(7)8-12-4)13(10,11)9(2)3/h1-3H3,(H2,7,8). The first kappa shape index (κ1) is 10.0. The van der Waals surface area contributed by atoms with E-state index in [9.17, 15) is 8.42 Å². The lowest BCUT2D eigenvalue weighted by molar-refractivity contribution is 0.396. The first-order valence-electron chi connectivity index (χ1n) is 3.51. The van der Waals surface area contributed by atoms with Gasteiger partial charge in [-0.15, -0.1) is 0 Å². The highest BCUT2D eigenvalue weighted by Gasteiger charge is 2.26. The molecule has 13 heavy (non-hydrogen) atoms. The van der Waals surface area contributed by atoms with Crippen LogP contribution >= 0.6 is 0 Å². The summed E-state index contributed by atoms with van der Waals surface area (Å²) in [6, 6.07) is 0. The molecular formula is C6H11N3O3S. The van der Waals surface area contributed by atoms with Gasteiger partial charge in [0.15, 0.2) is 16.5 Å². The SMILES string of the molecule is Cc1onc(N)c1S(=O)(=O)N(C)C. The van der Waals surface area contributed by atoms with Crippen molar-refractivity contribution in [3.05, 3.63) is 5.76 Å². The summed E-state index contributed by atoms with van der Waals surface area (Å²) in [5.74, 6) is 0.0948. The molecule has 0 saturated carbocycles. The molecule has 1 rings (SSSR count). The molecule has 0 fully saturated rings. The summed E-state index contributed by atoms with van der Waals surface area (Å²) in [5.41, 5.74) is 5.35. The minimum absolute atomic E-state index is 0.0579. The summed E-state index contributed by atoms with van der Waals surface area (Å²) in [4.78, 5) is -0.0579. The van der Waals surface area contributed by atoms with E-state index in [-0.39, 0.29) is 16.5 Å². The summed E-state index contributed by atoms with van der Waals surface area (Å²) < 4.78 is 28.9. The third-order valence-electron chi connectivity index (χ3n) is 1.57. The zero-order chi connectivity index (χ0) is 10.2. The lowest BCUT2D eigenvalue weighted by atomic mass is 10.5. The van der Waals surface area contributed by atoms with Crippen LogP contribution in [0.2, 0.25) is 0 Å². The van der Waals surface area contributed by atoms with Gasteiger partial charge in [0.2, 0.25) is 10.0 Å². The molecule has 0 unspecified atom stereocenters. The van der Waals surface area contributed by atoms with Gasteiger partial charge in [-0.3, -0.25) is 0 Å². The molecule has 1 aromatic heterocycles. The van der Waals surface area contributed by atoms with Gasteiger partial charge >= 0.3 is 0 Å². The molecular weight excluding hydrogens is 194 g/mol. The molecule has 1 aromatic rings. The molecule has 0 aromatic carbocycles. The number of aryl methyl sites for hydroxylation is 1. The van der Waals surface area contributed by atoms with Gasteiger partial charge in [-0.2, -0.15) is 0 Å². The molecule has 0 atom stereocenters. The first-order chi connectivity index (χ1) is 5.87. The molecule has 0 aliphatic rings. The number of hydrogen-bond donors (Lipinski definition) is 1. The van der Waals surface area contributed by atoms with E-state index in [1.807, 2.05) is 0 Å². The second-order valence-corrected chi connectivity index (χ2v) is 4.83. The average molecular weight is 205 g/mol. The van der Waals surface area contributed by atoms with Crippen LogP contribution in [0.25, 0.3) is 0 Å². The van der Waals surface area contributed by atoms with Gasteiger partial charge in [-0.05, 0) is 6.92 Å². The lowest BCUT2D eigenvalue weighted by Gasteiger charge is -2.09. The van der Waals surface area contributed by atoms with Crippen molar-refractivity contribution in [1.82, 2.24) is 9.46 Å². The van der Waals surface area contributed by atoms with E-state index in [1.165, 1.54) is 21.0 Å². The fourth-order valence-corrected chi connectivity index (χ4v) is 1.94. The number of rotatable bonds is 2. The van der Waals surface area contributed by atoms with E-state index in [0.29, 0.717) is 0 Å². The molecule has 6 nitrogen and oxygen atoms in total. The molecule has 1 heterocycles. The molecule has 7 heteroatoms. The van der Waals surface area contributed by atoms with Crippen LogP contribution in [-0.2, 0) is 10.0 Å². The number of nitrogens with zero attached hydrogens (tertiary/aromatic N) is 2. The molecule has 0 saturated heterocycles. The first-order valence-corrected chi connectivity index (χ1v) is 4.95. The van der Waals surface area contributed by atoms with Gasteiger partial charge in [0, 0.05) is 14.1 Å². The summed E-state index contributed by atoms with van der Waals surface area (Å²) >= 11 is 0. The Balaban J connectivity index is 3.38. The maximum absolute atomic E-state index is 11.6. The zero-order valence-corrected chi connectivity index (χ0v) is 8.42. The molecule has 0 aliphatic heterocycles. The van der Waals surface area contributed by atoms with Crippen molar-refractivity contribution < 1.29 is 12.9 Å². The van der Waals surface area contributed by atoms with Crippen molar-refractivity contribution >= 4 is 15.8 Å². The second-order valence-electron chi connectivity index (χ2n) is 2.74. The Labute approximate surface area is 76.4 Å². The fraction of sp³-hybridized carbons (Fsp3) is 0.500. The quantitative estimate of drug-likeness (QED) is 0.723. The number of anilines is 1. The van der Waals surface area contributed by atoms with Crippen molar-refractivity contribution in [1.29, 1.82) is 0 Å². The van der Waals surface area contributed by atoms with Crippen molar-refractivity contribution in [2.45, 2.75) is 11.8 Å². The highest BCUT2D eigenvalue weighted by molar-refractivity contribution is 7.89. The van der Waals surface area contributed by atoms with Crippen LogP contribution in [-0.4, -0.2) is 32.0 Å². The molecule has 74 valence electrons. The molecule has 2 N–H and O–H groups in total. The van der Waals surface area contributed by atoms with Crippen molar-refractivity contribution in [2.75, 3.05) is 19.8 Å². The van der Waals surface area contributed by atoms with Crippen LogP contribution in [0.1, 0.15) is 5.76 Å². The maximum Gasteiger partial charge on any atom is 0.249 e. The number of nitrogens with two attached hydrogens (primary N) is 1. The van der Waals surface area contributed by atoms with E-state index in [2.05, 4.69) is 9.68 Å². The zero-order valence-electron chi connectivity index (χ0n) is 7.60. The smallest absolute Gasteiger partial charge is 0.249 e. The summed E-state index contributed by atoms with van der Waals surface area (Å²) in [6.07, 6.45) is 0. The summed E-state index contributed by atoms with van der Waals surface area (Å²) in [6.45, 7) is 1.50. The van der Waals surface area contributed by atoms with E-state index in [1.54, 1.807) is 0 Å². The highest BCUT2D eigenvalue weighted by atomic mass is 32.2. The maximum atomic E-state index is 11.6. The normalized spacial score (nSPS) is 12.3. The highest BCUT2D eigenvalue weighted by Crippen LogP contribution is 2.23. The van der Waals surface area contributed by atoms with Crippen molar-refractivity contribution in [3.8, 4) is 0 Å². The Kier molecular flexibility index (Phi) is 2.31. The largest absolute Gasteiger partial charge is 0.380 e. The topological polar surface area (TPSA) is 89.4 Å². The Hall–Kier alpha value is -1.08. The number of aromatic nitrogens is 1. The number of hydrogen-bond acceptors (Lipinski definition) is 5. The van der Waals surface area contributed by atoms with Crippen LogP contribution in [0.3, 0.4) is 0 Å². The van der Waals surface area contributed by atoms with Crippen LogP contribution < -0.4 is 5.73 Å². The minimum atomic E-state index is -3.54. The predicted molar refractivity (Wildman–Crippen MR) is 46.5 cm³/mol. The van der Waals surface area contributed by atoms with E-state index < -0.39 is 10.0 Å². The molecule has 0 radical (unpaired) electrons. The molecule has 0 aliphatic carbocycles. The van der Waals surface area contributed by atoms with Gasteiger partial charge in [0.1, 0.15) is 0 Å². The van der Waals surface area contributed by atoms with E-state index in [4.69, 9.17) is 5.73 Å². The van der Waals surface area contributed by atoms with E-state index >= 15 is 0 Å². The Bertz CT molecular complexity index is 387. The monoisotopic (exact) mass is 205 g/mol. The third-order valence-corrected chi connectivity index (χ3v) is 3.55. The minimum Gasteiger partial charge on any atom is -0.380 e. The predicted octanol–water partition coefficient (Wildman–Crippen LogP) is -0.184. The Morgan fingerprint density at radius 3 is 2.31 bits per heavy atom. The second kappa shape index (κ2) is 3.00. The average Bonchev–Trinajstić information content (AvgIpc) is 2.30. The van der Waals surface area contributed by atoms with Crippen LogP contribution in [0, 0.1) is 6.92 Å². The molecule has 0 spiro atoms. The molecule has 0 amide bonds. The van der Waals surface area contributed by atoms with Gasteiger partial charge < -0.3 is 10.3 Å². The van der Waals surface area contributed by atoms with Crippen LogP contribution in [0.4, 0.5) is 5.82 Å². The lowest BCUT2D eigenvalue weighted by Crippen LogP contribution is -2.23. The number of nitrogen functional groups attached to an aromatic ring is 1. The van der Waals surface area contributed by atoms with Crippen molar-refractivity contribution in [3.63, 3.8) is 0 Å². The van der Waals surface area contributed by atoms with Gasteiger partial charge in [-0.25, -0.2) is 12.7 Å². The summed E-state index contributed by atoms with van der Waals surface area (Å²) in [7, 11) is -0.707. The summed E-state index contributed by atoms with van der Waals surface area (Å²) in [5, 5.41) is 3.36. The van der Waals surface area contributed by atoms with Crippen LogP contribution in [0.15, 0.2) is 9.42 Å². The van der Waals surface area contributed by atoms with Crippen molar-refractivity contribution in [2.24, 2.45) is 0 Å². The third kappa shape index (κ3) is 1.52. The number of sulfonamides is 1. The van der Waals surface area contributed by atoms with Crippen LogP contribution in [0.5, 0.6) is 0 Å². The fourth-order valence-electron chi connectivity index (χ4n) is 0.877. The van der Waals surface area contributed by atoms with E-state index in [0.717, 1.165) is 4.31 Å². The van der Waals surface area contributed by atoms with Gasteiger partial charge in [-0.1, -0.05) is 5.16 Å². The molecule has 0 bridgehead atoms.